The van der Waals surface area contributed by atoms with E-state index in [2.05, 4.69) is 15.5 Å². The van der Waals surface area contributed by atoms with E-state index in [9.17, 15) is 4.79 Å². The molecule has 0 unspecified atom stereocenters. The Morgan fingerprint density at radius 1 is 1.61 bits per heavy atom. The summed E-state index contributed by atoms with van der Waals surface area (Å²) in [7, 11) is 0. The van der Waals surface area contributed by atoms with Crippen LogP contribution in [0.3, 0.4) is 0 Å². The highest BCUT2D eigenvalue weighted by Gasteiger charge is 2.17. The van der Waals surface area contributed by atoms with Crippen LogP contribution < -0.4 is 5.32 Å². The number of nitrogens with zero attached hydrogens (tertiary/aromatic N) is 3. The molecule has 2 heterocycles. The van der Waals surface area contributed by atoms with Crippen molar-refractivity contribution in [1.82, 2.24) is 20.0 Å². The molecule has 2 aromatic heterocycles. The zero-order valence-corrected chi connectivity index (χ0v) is 10.6. The number of hydrogen-bond donors (Lipinski definition) is 1. The minimum atomic E-state index is -0.341. The van der Waals surface area contributed by atoms with Gasteiger partial charge >= 0.3 is 0 Å². The molecule has 2 rings (SSSR count). The minimum Gasteiger partial charge on any atom is -0.349 e. The Balaban J connectivity index is 1.77. The van der Waals surface area contributed by atoms with E-state index in [1.807, 2.05) is 10.8 Å². The highest BCUT2D eigenvalue weighted by molar-refractivity contribution is 6.33. The zero-order valence-electron chi connectivity index (χ0n) is 9.89. The molecule has 0 fully saturated rings. The minimum absolute atomic E-state index is 0.0665. The van der Waals surface area contributed by atoms with Gasteiger partial charge in [-0.3, -0.25) is 4.79 Å². The third-order valence-electron chi connectivity index (χ3n) is 2.43. The quantitative estimate of drug-likeness (QED) is 0.837. The van der Waals surface area contributed by atoms with Gasteiger partial charge in [0.1, 0.15) is 5.02 Å². The zero-order chi connectivity index (χ0) is 13.0. The Labute approximate surface area is 109 Å². The fourth-order valence-corrected chi connectivity index (χ4v) is 1.62. The van der Waals surface area contributed by atoms with Gasteiger partial charge in [-0.2, -0.15) is 0 Å². The molecule has 7 heteroatoms. The third-order valence-corrected chi connectivity index (χ3v) is 2.88. The average molecular weight is 269 g/mol. The fraction of sp³-hybridized carbons (Fsp3) is 0.364. The number of carbonyl (C=O) groups excluding carboxylic acids is 1. The van der Waals surface area contributed by atoms with E-state index >= 15 is 0 Å². The summed E-state index contributed by atoms with van der Waals surface area (Å²) in [5.74, 6) is -0.275. The summed E-state index contributed by atoms with van der Waals surface area (Å²) in [5, 5.41) is 6.62. The van der Waals surface area contributed by atoms with Crippen molar-refractivity contribution in [2.75, 3.05) is 6.54 Å². The third kappa shape index (κ3) is 2.89. The number of amides is 1. The first-order valence-corrected chi connectivity index (χ1v) is 5.92. The number of halogens is 1. The topological polar surface area (TPSA) is 73.0 Å². The number of aromatic nitrogens is 3. The molecule has 0 aromatic carbocycles. The summed E-state index contributed by atoms with van der Waals surface area (Å²) < 4.78 is 6.79. The van der Waals surface area contributed by atoms with Crippen molar-refractivity contribution in [1.29, 1.82) is 0 Å². The molecule has 0 radical (unpaired) electrons. The van der Waals surface area contributed by atoms with Crippen molar-refractivity contribution in [2.24, 2.45) is 0 Å². The van der Waals surface area contributed by atoms with E-state index in [0.717, 1.165) is 13.0 Å². The molecule has 2 aromatic rings. The highest BCUT2D eigenvalue weighted by Crippen LogP contribution is 2.19. The van der Waals surface area contributed by atoms with Gasteiger partial charge in [-0.05, 0) is 13.3 Å². The van der Waals surface area contributed by atoms with Gasteiger partial charge in [-0.15, -0.1) is 0 Å². The number of carbonyl (C=O) groups is 1. The number of imidazole rings is 1. The summed E-state index contributed by atoms with van der Waals surface area (Å²) in [5.41, 5.74) is 0.514. The van der Waals surface area contributed by atoms with Gasteiger partial charge in [0, 0.05) is 25.5 Å². The van der Waals surface area contributed by atoms with Crippen LogP contribution in [0.5, 0.6) is 0 Å². The summed E-state index contributed by atoms with van der Waals surface area (Å²) in [4.78, 5) is 15.6. The standard InChI is InChI=1S/C11H13ClN4O2/c1-8-9(12)10(18-15-8)11(17)14-3-2-5-16-6-4-13-7-16/h4,6-7H,2-3,5H2,1H3,(H,14,17). The Morgan fingerprint density at radius 2 is 2.44 bits per heavy atom. The van der Waals surface area contributed by atoms with E-state index in [-0.39, 0.29) is 16.7 Å². The second-order valence-corrected chi connectivity index (χ2v) is 4.20. The molecule has 0 aliphatic rings. The lowest BCUT2D eigenvalue weighted by Gasteiger charge is -2.03. The van der Waals surface area contributed by atoms with Crippen LogP contribution in [0.4, 0.5) is 0 Å². The second kappa shape index (κ2) is 5.68. The molecule has 1 amide bonds. The monoisotopic (exact) mass is 268 g/mol. The molecular formula is C11H13ClN4O2. The lowest BCUT2D eigenvalue weighted by atomic mass is 10.3. The van der Waals surface area contributed by atoms with Crippen LogP contribution in [0.25, 0.3) is 0 Å². The van der Waals surface area contributed by atoms with Crippen molar-refractivity contribution in [2.45, 2.75) is 19.9 Å². The number of hydrogen-bond acceptors (Lipinski definition) is 4. The smallest absolute Gasteiger partial charge is 0.291 e. The molecule has 0 atom stereocenters. The van der Waals surface area contributed by atoms with E-state index in [1.165, 1.54) is 0 Å². The number of rotatable bonds is 5. The maximum absolute atomic E-state index is 11.7. The van der Waals surface area contributed by atoms with Crippen LogP contribution in [0, 0.1) is 6.92 Å². The predicted molar refractivity (Wildman–Crippen MR) is 65.4 cm³/mol. The lowest BCUT2D eigenvalue weighted by Crippen LogP contribution is -2.25. The van der Waals surface area contributed by atoms with Crippen LogP contribution in [0.2, 0.25) is 5.02 Å². The van der Waals surface area contributed by atoms with Gasteiger partial charge in [-0.25, -0.2) is 4.98 Å². The van der Waals surface area contributed by atoms with Gasteiger partial charge in [0.05, 0.1) is 12.0 Å². The first-order chi connectivity index (χ1) is 8.68. The molecule has 0 saturated carbocycles. The van der Waals surface area contributed by atoms with Crippen molar-refractivity contribution in [3.05, 3.63) is 35.2 Å². The molecule has 0 aliphatic heterocycles. The van der Waals surface area contributed by atoms with Crippen molar-refractivity contribution >= 4 is 17.5 Å². The van der Waals surface area contributed by atoms with Crippen molar-refractivity contribution < 1.29 is 9.32 Å². The largest absolute Gasteiger partial charge is 0.349 e. The summed E-state index contributed by atoms with van der Waals surface area (Å²) in [6, 6.07) is 0. The molecule has 0 spiro atoms. The maximum Gasteiger partial charge on any atom is 0.291 e. The fourth-order valence-electron chi connectivity index (χ4n) is 1.46. The van der Waals surface area contributed by atoms with Gasteiger partial charge in [0.2, 0.25) is 5.76 Å². The van der Waals surface area contributed by atoms with Gasteiger partial charge < -0.3 is 14.4 Å². The molecule has 0 aliphatic carbocycles. The van der Waals surface area contributed by atoms with Gasteiger partial charge in [0.15, 0.2) is 0 Å². The van der Waals surface area contributed by atoms with Crippen LogP contribution >= 0.6 is 11.6 Å². The highest BCUT2D eigenvalue weighted by atomic mass is 35.5. The number of nitrogens with one attached hydrogen (secondary N) is 1. The molecule has 0 bridgehead atoms. The van der Waals surface area contributed by atoms with Crippen LogP contribution in [-0.2, 0) is 6.54 Å². The Bertz CT molecular complexity index is 521. The summed E-state index contributed by atoms with van der Waals surface area (Å²) >= 11 is 5.87. The Kier molecular flexibility index (Phi) is 3.99. The van der Waals surface area contributed by atoms with E-state index in [4.69, 9.17) is 16.1 Å². The molecule has 18 heavy (non-hydrogen) atoms. The number of aryl methyl sites for hydroxylation is 2. The lowest BCUT2D eigenvalue weighted by molar-refractivity contribution is 0.0916. The van der Waals surface area contributed by atoms with Gasteiger partial charge in [-0.1, -0.05) is 16.8 Å². The molecule has 1 N–H and O–H groups in total. The van der Waals surface area contributed by atoms with Crippen molar-refractivity contribution in [3.8, 4) is 0 Å². The maximum atomic E-state index is 11.7. The SMILES string of the molecule is Cc1noc(C(=O)NCCCn2ccnc2)c1Cl. The normalized spacial score (nSPS) is 10.6. The first kappa shape index (κ1) is 12.6. The molecular weight excluding hydrogens is 256 g/mol. The van der Waals surface area contributed by atoms with E-state index in [1.54, 1.807) is 19.4 Å². The summed E-state index contributed by atoms with van der Waals surface area (Å²) in [6.45, 7) is 3.01. The average Bonchev–Trinajstić information content (AvgIpc) is 2.97. The second-order valence-electron chi connectivity index (χ2n) is 3.82. The predicted octanol–water partition coefficient (Wildman–Crippen LogP) is 1.65. The van der Waals surface area contributed by atoms with E-state index < -0.39 is 0 Å². The summed E-state index contributed by atoms with van der Waals surface area (Å²) in [6.07, 6.45) is 6.12. The Hall–Kier alpha value is -1.82. The molecule has 6 nitrogen and oxygen atoms in total. The van der Waals surface area contributed by atoms with Crippen molar-refractivity contribution in [3.63, 3.8) is 0 Å². The molecule has 0 saturated heterocycles. The van der Waals surface area contributed by atoms with Crippen LogP contribution in [0.1, 0.15) is 22.7 Å². The van der Waals surface area contributed by atoms with Crippen LogP contribution in [-0.4, -0.2) is 27.2 Å². The Morgan fingerprint density at radius 3 is 3.06 bits per heavy atom. The van der Waals surface area contributed by atoms with E-state index in [0.29, 0.717) is 12.2 Å². The molecule has 96 valence electrons. The van der Waals surface area contributed by atoms with Crippen LogP contribution in [0.15, 0.2) is 23.2 Å². The first-order valence-electron chi connectivity index (χ1n) is 5.54. The van der Waals surface area contributed by atoms with Gasteiger partial charge in [0.25, 0.3) is 5.91 Å².